The molecule has 0 aromatic carbocycles. The highest BCUT2D eigenvalue weighted by molar-refractivity contribution is 5.10. The summed E-state index contributed by atoms with van der Waals surface area (Å²) in [6, 6.07) is 0. The maximum absolute atomic E-state index is 9.36. The molecule has 0 aromatic rings. The van der Waals surface area contributed by atoms with E-state index in [1.807, 2.05) is 43.4 Å². The molecular weight excluding hydrogens is 160 g/mol. The lowest BCUT2D eigenvalue weighted by molar-refractivity contribution is 0.167. The van der Waals surface area contributed by atoms with Crippen molar-refractivity contribution in [1.29, 1.82) is 0 Å². The summed E-state index contributed by atoms with van der Waals surface area (Å²) in [6.45, 7) is 4.07. The SMILES string of the molecule is C/C=C/C=C/C=C/CC(O)CCC. The zero-order valence-electron chi connectivity index (χ0n) is 8.61. The fourth-order valence-corrected chi connectivity index (χ4v) is 1.00. The molecule has 13 heavy (non-hydrogen) atoms. The van der Waals surface area contributed by atoms with Crippen molar-refractivity contribution in [2.75, 3.05) is 0 Å². The summed E-state index contributed by atoms with van der Waals surface area (Å²) in [7, 11) is 0. The molecule has 1 N–H and O–H groups in total. The summed E-state index contributed by atoms with van der Waals surface area (Å²) in [4.78, 5) is 0. The average molecular weight is 180 g/mol. The van der Waals surface area contributed by atoms with E-state index in [0.717, 1.165) is 19.3 Å². The highest BCUT2D eigenvalue weighted by atomic mass is 16.3. The van der Waals surface area contributed by atoms with Gasteiger partial charge in [0, 0.05) is 0 Å². The first kappa shape index (κ1) is 12.2. The number of aliphatic hydroxyl groups excluding tert-OH is 1. The molecule has 0 amide bonds. The van der Waals surface area contributed by atoms with Gasteiger partial charge >= 0.3 is 0 Å². The molecule has 0 radical (unpaired) electrons. The third-order valence-corrected chi connectivity index (χ3v) is 1.69. The van der Waals surface area contributed by atoms with Gasteiger partial charge in [-0.3, -0.25) is 0 Å². The molecule has 0 fully saturated rings. The Balaban J connectivity index is 3.50. The van der Waals surface area contributed by atoms with Crippen LogP contribution in [-0.2, 0) is 0 Å². The largest absolute Gasteiger partial charge is 0.393 e. The molecule has 0 bridgehead atoms. The topological polar surface area (TPSA) is 20.2 Å². The summed E-state index contributed by atoms with van der Waals surface area (Å²) in [6.07, 6.45) is 14.4. The summed E-state index contributed by atoms with van der Waals surface area (Å²) in [5, 5.41) is 9.36. The minimum Gasteiger partial charge on any atom is -0.393 e. The van der Waals surface area contributed by atoms with Gasteiger partial charge in [0.15, 0.2) is 0 Å². The molecular formula is C12H20O. The van der Waals surface area contributed by atoms with Crippen LogP contribution >= 0.6 is 0 Å². The van der Waals surface area contributed by atoms with Gasteiger partial charge in [-0.1, -0.05) is 49.8 Å². The Labute approximate surface area is 81.5 Å². The van der Waals surface area contributed by atoms with Crippen LogP contribution in [0.4, 0.5) is 0 Å². The summed E-state index contributed by atoms with van der Waals surface area (Å²) >= 11 is 0. The minimum absolute atomic E-state index is 0.170. The van der Waals surface area contributed by atoms with Crippen molar-refractivity contribution in [2.45, 2.75) is 39.2 Å². The van der Waals surface area contributed by atoms with E-state index in [1.165, 1.54) is 0 Å². The first-order chi connectivity index (χ1) is 6.31. The zero-order chi connectivity index (χ0) is 9.94. The van der Waals surface area contributed by atoms with Gasteiger partial charge in [-0.25, -0.2) is 0 Å². The molecule has 1 heteroatoms. The maximum atomic E-state index is 9.36. The van der Waals surface area contributed by atoms with Gasteiger partial charge in [0.2, 0.25) is 0 Å². The van der Waals surface area contributed by atoms with Crippen molar-refractivity contribution >= 4 is 0 Å². The molecule has 0 heterocycles. The van der Waals surface area contributed by atoms with E-state index in [4.69, 9.17) is 0 Å². The molecule has 74 valence electrons. The second kappa shape index (κ2) is 9.27. The highest BCUT2D eigenvalue weighted by Gasteiger charge is 1.96. The van der Waals surface area contributed by atoms with Crippen LogP contribution in [0.25, 0.3) is 0 Å². The number of hydrogen-bond donors (Lipinski definition) is 1. The molecule has 0 rings (SSSR count). The molecule has 0 aliphatic heterocycles. The van der Waals surface area contributed by atoms with Crippen LogP contribution in [0.15, 0.2) is 36.5 Å². The van der Waals surface area contributed by atoms with Gasteiger partial charge in [-0.15, -0.1) is 0 Å². The van der Waals surface area contributed by atoms with E-state index in [-0.39, 0.29) is 6.10 Å². The smallest absolute Gasteiger partial charge is 0.0574 e. The Morgan fingerprint density at radius 2 is 1.85 bits per heavy atom. The molecule has 1 atom stereocenters. The Hall–Kier alpha value is -0.820. The lowest BCUT2D eigenvalue weighted by atomic mass is 10.1. The first-order valence-corrected chi connectivity index (χ1v) is 4.93. The second-order valence-electron chi connectivity index (χ2n) is 3.02. The van der Waals surface area contributed by atoms with E-state index in [1.54, 1.807) is 0 Å². The zero-order valence-corrected chi connectivity index (χ0v) is 8.61. The molecule has 0 saturated heterocycles. The lowest BCUT2D eigenvalue weighted by Crippen LogP contribution is -2.02. The minimum atomic E-state index is -0.170. The van der Waals surface area contributed by atoms with Gasteiger partial charge in [0.1, 0.15) is 0 Å². The third kappa shape index (κ3) is 9.09. The lowest BCUT2D eigenvalue weighted by Gasteiger charge is -2.03. The molecule has 1 unspecified atom stereocenters. The van der Waals surface area contributed by atoms with E-state index < -0.39 is 0 Å². The normalized spacial score (nSPS) is 15.0. The van der Waals surface area contributed by atoms with Crippen LogP contribution in [-0.4, -0.2) is 11.2 Å². The molecule has 0 aromatic heterocycles. The maximum Gasteiger partial charge on any atom is 0.0574 e. The van der Waals surface area contributed by atoms with Gasteiger partial charge in [-0.2, -0.15) is 0 Å². The van der Waals surface area contributed by atoms with Gasteiger partial charge < -0.3 is 5.11 Å². The standard InChI is InChI=1S/C12H20O/c1-3-5-6-7-8-9-11-12(13)10-4-2/h3,5-9,12-13H,4,10-11H2,1-2H3/b5-3+,7-6+,9-8+. The van der Waals surface area contributed by atoms with Crippen molar-refractivity contribution in [3.8, 4) is 0 Å². The van der Waals surface area contributed by atoms with E-state index >= 15 is 0 Å². The second-order valence-corrected chi connectivity index (χ2v) is 3.02. The molecule has 1 nitrogen and oxygen atoms in total. The Morgan fingerprint density at radius 1 is 1.15 bits per heavy atom. The van der Waals surface area contributed by atoms with Crippen molar-refractivity contribution < 1.29 is 5.11 Å². The van der Waals surface area contributed by atoms with Gasteiger partial charge in [-0.05, 0) is 19.8 Å². The molecule has 0 saturated carbocycles. The predicted molar refractivity (Wildman–Crippen MR) is 58.6 cm³/mol. The van der Waals surface area contributed by atoms with Crippen molar-refractivity contribution in [2.24, 2.45) is 0 Å². The fourth-order valence-electron chi connectivity index (χ4n) is 1.00. The Bertz CT molecular complexity index is 178. The number of allylic oxidation sites excluding steroid dienone is 5. The molecule has 0 aliphatic rings. The highest BCUT2D eigenvalue weighted by Crippen LogP contribution is 2.01. The quantitative estimate of drug-likeness (QED) is 0.622. The fraction of sp³-hybridized carbons (Fsp3) is 0.500. The Kier molecular flexibility index (Phi) is 8.68. The number of hydrogen-bond acceptors (Lipinski definition) is 1. The number of aliphatic hydroxyl groups is 1. The van der Waals surface area contributed by atoms with Crippen molar-refractivity contribution in [3.05, 3.63) is 36.5 Å². The summed E-state index contributed by atoms with van der Waals surface area (Å²) < 4.78 is 0. The van der Waals surface area contributed by atoms with E-state index in [9.17, 15) is 5.11 Å². The van der Waals surface area contributed by atoms with Crippen LogP contribution in [0.2, 0.25) is 0 Å². The van der Waals surface area contributed by atoms with Crippen LogP contribution in [0.5, 0.6) is 0 Å². The monoisotopic (exact) mass is 180 g/mol. The Morgan fingerprint density at radius 3 is 2.46 bits per heavy atom. The van der Waals surface area contributed by atoms with E-state index in [2.05, 4.69) is 6.92 Å². The van der Waals surface area contributed by atoms with Gasteiger partial charge in [0.05, 0.1) is 6.10 Å². The predicted octanol–water partition coefficient (Wildman–Crippen LogP) is 3.23. The van der Waals surface area contributed by atoms with Gasteiger partial charge in [0.25, 0.3) is 0 Å². The van der Waals surface area contributed by atoms with Crippen LogP contribution in [0.3, 0.4) is 0 Å². The first-order valence-electron chi connectivity index (χ1n) is 4.93. The summed E-state index contributed by atoms with van der Waals surface area (Å²) in [5.74, 6) is 0. The molecule has 0 spiro atoms. The van der Waals surface area contributed by atoms with Crippen LogP contribution < -0.4 is 0 Å². The van der Waals surface area contributed by atoms with E-state index in [0.29, 0.717) is 0 Å². The van der Waals surface area contributed by atoms with Crippen molar-refractivity contribution in [1.82, 2.24) is 0 Å². The van der Waals surface area contributed by atoms with Crippen molar-refractivity contribution in [3.63, 3.8) is 0 Å². The van der Waals surface area contributed by atoms with Crippen LogP contribution in [0.1, 0.15) is 33.1 Å². The molecule has 0 aliphatic carbocycles. The third-order valence-electron chi connectivity index (χ3n) is 1.69. The van der Waals surface area contributed by atoms with Crippen LogP contribution in [0, 0.1) is 0 Å². The summed E-state index contributed by atoms with van der Waals surface area (Å²) in [5.41, 5.74) is 0. The average Bonchev–Trinajstić information content (AvgIpc) is 2.11. The number of rotatable bonds is 6.